The monoisotopic (exact) mass is 446 g/mol. The average molecular weight is 446 g/mol. The van der Waals surface area contributed by atoms with Gasteiger partial charge in [-0.2, -0.15) is 5.10 Å². The number of carbonyl (C=O) groups excluding carboxylic acids is 2. The fourth-order valence-corrected chi connectivity index (χ4v) is 4.09. The van der Waals surface area contributed by atoms with Gasteiger partial charge in [-0.05, 0) is 43.2 Å². The number of likely N-dealkylation sites (tertiary alicyclic amines) is 1. The van der Waals surface area contributed by atoms with Gasteiger partial charge in [0, 0.05) is 30.8 Å². The van der Waals surface area contributed by atoms with E-state index < -0.39 is 0 Å². The van der Waals surface area contributed by atoms with Crippen molar-refractivity contribution in [3.05, 3.63) is 87.9 Å². The zero-order chi connectivity index (χ0) is 22.8. The average Bonchev–Trinajstić information content (AvgIpc) is 3.55. The molecule has 0 atom stereocenters. The van der Waals surface area contributed by atoms with E-state index in [4.69, 9.17) is 8.83 Å². The van der Waals surface area contributed by atoms with Gasteiger partial charge in [0.15, 0.2) is 11.2 Å². The summed E-state index contributed by atoms with van der Waals surface area (Å²) in [5.41, 5.74) is 1.35. The lowest BCUT2D eigenvalue weighted by molar-refractivity contribution is 0.0680. The van der Waals surface area contributed by atoms with Crippen LogP contribution in [-0.2, 0) is 6.54 Å². The van der Waals surface area contributed by atoms with Crippen LogP contribution in [0.2, 0.25) is 0 Å². The van der Waals surface area contributed by atoms with Gasteiger partial charge in [0.1, 0.15) is 17.0 Å². The maximum Gasteiger partial charge on any atom is 0.289 e. The molecule has 0 saturated carbocycles. The highest BCUT2D eigenvalue weighted by Crippen LogP contribution is 2.28. The van der Waals surface area contributed by atoms with Gasteiger partial charge in [0.2, 0.25) is 0 Å². The second-order valence-corrected chi connectivity index (χ2v) is 8.01. The molecule has 168 valence electrons. The molecule has 2 N–H and O–H groups in total. The minimum absolute atomic E-state index is 0.0502. The Kier molecular flexibility index (Phi) is 5.52. The van der Waals surface area contributed by atoms with Crippen LogP contribution in [0.5, 0.6) is 0 Å². The predicted octanol–water partition coefficient (Wildman–Crippen LogP) is 3.06. The third-order valence-corrected chi connectivity index (χ3v) is 5.90. The molecule has 0 radical (unpaired) electrons. The number of nitrogens with one attached hydrogen (secondary N) is 2. The number of aromatic amines is 1. The summed E-state index contributed by atoms with van der Waals surface area (Å²) in [5.74, 6) is 0.288. The van der Waals surface area contributed by atoms with Crippen molar-refractivity contribution in [1.29, 1.82) is 0 Å². The van der Waals surface area contributed by atoms with Gasteiger partial charge in [0.25, 0.3) is 11.8 Å². The summed E-state index contributed by atoms with van der Waals surface area (Å²) < 4.78 is 10.9. The van der Waals surface area contributed by atoms with Gasteiger partial charge in [-0.1, -0.05) is 12.1 Å². The number of furan rings is 1. The number of fused-ring (bicyclic) bond motifs is 1. The number of aromatic nitrogens is 2. The SMILES string of the molecule is O=C(NCc1ccco1)c1cc(C2CCN(C(=O)c3cc(=O)c4ccccc4o3)CC2)[nH]n1. The molecule has 1 aliphatic rings. The molecule has 4 aromatic rings. The van der Waals surface area contributed by atoms with Crippen molar-refractivity contribution in [2.75, 3.05) is 13.1 Å². The molecule has 0 bridgehead atoms. The van der Waals surface area contributed by atoms with Crippen LogP contribution in [0.4, 0.5) is 0 Å². The number of hydrogen-bond donors (Lipinski definition) is 2. The van der Waals surface area contributed by atoms with Crippen molar-refractivity contribution in [3.8, 4) is 0 Å². The maximum absolute atomic E-state index is 12.9. The summed E-state index contributed by atoms with van der Waals surface area (Å²) in [6.45, 7) is 1.32. The molecule has 1 saturated heterocycles. The van der Waals surface area contributed by atoms with Crippen LogP contribution in [0.25, 0.3) is 11.0 Å². The summed E-state index contributed by atoms with van der Waals surface area (Å²) in [4.78, 5) is 39.3. The molecule has 2 amide bonds. The molecular weight excluding hydrogens is 424 g/mol. The summed E-state index contributed by atoms with van der Waals surface area (Å²) in [5, 5.41) is 10.3. The quantitative estimate of drug-likeness (QED) is 0.486. The third-order valence-electron chi connectivity index (χ3n) is 5.90. The number of benzene rings is 1. The van der Waals surface area contributed by atoms with Crippen LogP contribution in [0, 0.1) is 0 Å². The normalized spacial score (nSPS) is 14.5. The minimum atomic E-state index is -0.293. The summed E-state index contributed by atoms with van der Waals surface area (Å²) >= 11 is 0. The number of piperidine rings is 1. The van der Waals surface area contributed by atoms with Gasteiger partial charge in [0.05, 0.1) is 18.2 Å². The fraction of sp³-hybridized carbons (Fsp3) is 0.250. The van der Waals surface area contributed by atoms with Crippen LogP contribution in [0.15, 0.2) is 68.4 Å². The number of hydrogen-bond acceptors (Lipinski definition) is 6. The van der Waals surface area contributed by atoms with Crippen molar-refractivity contribution in [2.45, 2.75) is 25.3 Å². The number of para-hydroxylation sites is 1. The van der Waals surface area contributed by atoms with E-state index in [9.17, 15) is 14.4 Å². The van der Waals surface area contributed by atoms with E-state index >= 15 is 0 Å². The summed E-state index contributed by atoms with van der Waals surface area (Å²) in [6.07, 6.45) is 2.97. The van der Waals surface area contributed by atoms with Gasteiger partial charge >= 0.3 is 0 Å². The molecule has 0 unspecified atom stereocenters. The second kappa shape index (κ2) is 8.78. The van der Waals surface area contributed by atoms with Gasteiger partial charge < -0.3 is 19.1 Å². The molecule has 3 aromatic heterocycles. The molecule has 33 heavy (non-hydrogen) atoms. The van der Waals surface area contributed by atoms with E-state index in [1.807, 2.05) is 0 Å². The molecule has 0 spiro atoms. The van der Waals surface area contributed by atoms with Crippen LogP contribution >= 0.6 is 0 Å². The first-order chi connectivity index (χ1) is 16.1. The van der Waals surface area contributed by atoms with Crippen molar-refractivity contribution in [3.63, 3.8) is 0 Å². The zero-order valence-electron chi connectivity index (χ0n) is 17.7. The Hall–Kier alpha value is -4.14. The van der Waals surface area contributed by atoms with E-state index in [1.54, 1.807) is 53.6 Å². The molecule has 0 aliphatic carbocycles. The zero-order valence-corrected chi connectivity index (χ0v) is 17.7. The predicted molar refractivity (Wildman–Crippen MR) is 119 cm³/mol. The van der Waals surface area contributed by atoms with Crippen molar-refractivity contribution >= 4 is 22.8 Å². The minimum Gasteiger partial charge on any atom is -0.467 e. The first-order valence-electron chi connectivity index (χ1n) is 10.8. The Morgan fingerprint density at radius 2 is 1.94 bits per heavy atom. The second-order valence-electron chi connectivity index (χ2n) is 8.01. The van der Waals surface area contributed by atoms with E-state index in [0.29, 0.717) is 54.9 Å². The van der Waals surface area contributed by atoms with E-state index in [2.05, 4.69) is 15.5 Å². The number of H-pyrrole nitrogens is 1. The molecular formula is C24H22N4O5. The van der Waals surface area contributed by atoms with Crippen LogP contribution in [0.1, 0.15) is 51.3 Å². The maximum atomic E-state index is 12.9. The molecule has 4 heterocycles. The largest absolute Gasteiger partial charge is 0.467 e. The standard InChI is InChI=1S/C24H22N4O5/c29-20-13-22(33-21-6-2-1-5-17(20)21)24(31)28-9-7-15(8-10-28)18-12-19(27-26-18)23(30)25-14-16-4-3-11-32-16/h1-6,11-13,15H,7-10,14H2,(H,25,30)(H,26,27). The number of carbonyl (C=O) groups is 2. The molecule has 9 nitrogen and oxygen atoms in total. The Balaban J connectivity index is 1.20. The smallest absolute Gasteiger partial charge is 0.289 e. The third kappa shape index (κ3) is 4.30. The van der Waals surface area contributed by atoms with E-state index in [1.165, 1.54) is 6.07 Å². The lowest BCUT2D eigenvalue weighted by Gasteiger charge is -2.31. The van der Waals surface area contributed by atoms with E-state index in [0.717, 1.165) is 5.69 Å². The highest BCUT2D eigenvalue weighted by Gasteiger charge is 2.28. The van der Waals surface area contributed by atoms with Gasteiger partial charge in [-0.15, -0.1) is 0 Å². The molecule has 1 aliphatic heterocycles. The Morgan fingerprint density at radius 3 is 2.73 bits per heavy atom. The Morgan fingerprint density at radius 1 is 1.12 bits per heavy atom. The van der Waals surface area contributed by atoms with Crippen LogP contribution < -0.4 is 10.7 Å². The first kappa shape index (κ1) is 20.7. The van der Waals surface area contributed by atoms with Crippen molar-refractivity contribution < 1.29 is 18.4 Å². The topological polar surface area (TPSA) is 121 Å². The lowest BCUT2D eigenvalue weighted by Crippen LogP contribution is -2.38. The number of nitrogens with zero attached hydrogens (tertiary/aromatic N) is 2. The van der Waals surface area contributed by atoms with Gasteiger partial charge in [-0.3, -0.25) is 19.5 Å². The molecule has 5 rings (SSSR count). The highest BCUT2D eigenvalue weighted by molar-refractivity contribution is 5.93. The van der Waals surface area contributed by atoms with E-state index in [-0.39, 0.29) is 28.9 Å². The number of rotatable bonds is 5. The first-order valence-corrected chi connectivity index (χ1v) is 10.8. The lowest BCUT2D eigenvalue weighted by atomic mass is 9.93. The van der Waals surface area contributed by atoms with Gasteiger partial charge in [-0.25, -0.2) is 0 Å². The van der Waals surface area contributed by atoms with Crippen LogP contribution in [-0.4, -0.2) is 40.0 Å². The van der Waals surface area contributed by atoms with Crippen molar-refractivity contribution in [1.82, 2.24) is 20.4 Å². The van der Waals surface area contributed by atoms with Crippen molar-refractivity contribution in [2.24, 2.45) is 0 Å². The Labute approximate surface area is 188 Å². The summed E-state index contributed by atoms with van der Waals surface area (Å²) in [7, 11) is 0. The Bertz CT molecular complexity index is 1350. The van der Waals surface area contributed by atoms with Crippen LogP contribution in [0.3, 0.4) is 0 Å². The summed E-state index contributed by atoms with van der Waals surface area (Å²) in [6, 6.07) is 13.4. The fourth-order valence-electron chi connectivity index (χ4n) is 4.09. The molecule has 1 fully saturated rings. The highest BCUT2D eigenvalue weighted by atomic mass is 16.3. The molecule has 9 heteroatoms. The molecule has 1 aromatic carbocycles. The number of amides is 2.